The lowest BCUT2D eigenvalue weighted by atomic mass is 10.2. The molecule has 0 aliphatic heterocycles. The number of benzene rings is 1. The monoisotopic (exact) mass is 340 g/mol. The van der Waals surface area contributed by atoms with Crippen molar-refractivity contribution in [3.8, 4) is 0 Å². The number of carbonyl (C=O) groups excluding carboxylic acids is 1. The van der Waals surface area contributed by atoms with Gasteiger partial charge in [0.25, 0.3) is 5.91 Å². The first-order valence-electron chi connectivity index (χ1n) is 5.53. The number of rotatable bonds is 3. The zero-order valence-corrected chi connectivity index (χ0v) is 12.9. The van der Waals surface area contributed by atoms with Gasteiger partial charge in [-0.25, -0.2) is 4.98 Å². The van der Waals surface area contributed by atoms with Crippen LogP contribution in [0.1, 0.15) is 15.2 Å². The minimum absolute atomic E-state index is 0.236. The molecule has 2 rings (SSSR count). The van der Waals surface area contributed by atoms with Gasteiger partial charge in [0, 0.05) is 17.2 Å². The van der Waals surface area contributed by atoms with Crippen LogP contribution in [0.2, 0.25) is 0 Å². The van der Waals surface area contributed by atoms with Crippen LogP contribution in [0.3, 0.4) is 0 Å². The predicted octanol–water partition coefficient (Wildman–Crippen LogP) is 3.09. The van der Waals surface area contributed by atoms with Crippen LogP contribution >= 0.6 is 27.3 Å². The van der Waals surface area contributed by atoms with Crippen molar-refractivity contribution in [2.24, 2.45) is 0 Å². The van der Waals surface area contributed by atoms with Crippen molar-refractivity contribution >= 4 is 49.8 Å². The molecule has 0 bridgehead atoms. The van der Waals surface area contributed by atoms with Crippen molar-refractivity contribution in [1.29, 1.82) is 0 Å². The lowest BCUT2D eigenvalue weighted by Gasteiger charge is -2.08. The second-order valence-corrected chi connectivity index (χ2v) is 5.70. The Morgan fingerprint density at radius 1 is 1.47 bits per heavy atom. The minimum atomic E-state index is -0.252. The molecule has 0 saturated carbocycles. The summed E-state index contributed by atoms with van der Waals surface area (Å²) in [5.74, 6) is -0.0165. The summed E-state index contributed by atoms with van der Waals surface area (Å²) >= 11 is 4.65. The van der Waals surface area contributed by atoms with E-state index in [2.05, 4.69) is 31.5 Å². The Hall–Kier alpha value is -1.60. The standard InChI is InChI=1S/C12H13BrN4OS/c1-6-7(13)4-3-5-8(6)16-11(18)9-10(14)17-12(15-2)19-9/h3-5H,14H2,1-2H3,(H,15,17)(H,16,18). The number of nitrogens with one attached hydrogen (secondary N) is 2. The van der Waals surface area contributed by atoms with Crippen LogP contribution in [0.25, 0.3) is 0 Å². The fourth-order valence-electron chi connectivity index (χ4n) is 1.52. The molecule has 100 valence electrons. The Morgan fingerprint density at radius 2 is 2.21 bits per heavy atom. The van der Waals surface area contributed by atoms with E-state index in [1.807, 2.05) is 25.1 Å². The van der Waals surface area contributed by atoms with Crippen molar-refractivity contribution in [3.05, 3.63) is 33.1 Å². The second kappa shape index (κ2) is 5.58. The van der Waals surface area contributed by atoms with E-state index in [0.717, 1.165) is 15.7 Å². The third-order valence-corrected chi connectivity index (χ3v) is 4.54. The number of hydrogen-bond acceptors (Lipinski definition) is 5. The number of nitrogens with two attached hydrogens (primary N) is 1. The number of hydrogen-bond donors (Lipinski definition) is 3. The Bertz CT molecular complexity index is 626. The molecule has 0 unspecified atom stereocenters. The van der Waals surface area contributed by atoms with Crippen LogP contribution in [0.5, 0.6) is 0 Å². The summed E-state index contributed by atoms with van der Waals surface area (Å²) < 4.78 is 0.943. The van der Waals surface area contributed by atoms with E-state index in [0.29, 0.717) is 10.0 Å². The molecule has 5 nitrogen and oxygen atoms in total. The molecule has 1 heterocycles. The van der Waals surface area contributed by atoms with Gasteiger partial charge in [-0.15, -0.1) is 0 Å². The smallest absolute Gasteiger partial charge is 0.269 e. The highest BCUT2D eigenvalue weighted by Crippen LogP contribution is 2.27. The van der Waals surface area contributed by atoms with Crippen molar-refractivity contribution < 1.29 is 4.79 Å². The molecule has 4 N–H and O–H groups in total. The summed E-state index contributed by atoms with van der Waals surface area (Å²) in [7, 11) is 1.73. The summed E-state index contributed by atoms with van der Waals surface area (Å²) in [6.07, 6.45) is 0. The summed E-state index contributed by atoms with van der Waals surface area (Å²) in [6.45, 7) is 1.93. The molecule has 7 heteroatoms. The lowest BCUT2D eigenvalue weighted by molar-refractivity contribution is 0.103. The van der Waals surface area contributed by atoms with Crippen molar-refractivity contribution in [3.63, 3.8) is 0 Å². The maximum Gasteiger partial charge on any atom is 0.269 e. The topological polar surface area (TPSA) is 80.0 Å². The first-order valence-corrected chi connectivity index (χ1v) is 7.14. The highest BCUT2D eigenvalue weighted by Gasteiger charge is 2.16. The molecule has 1 aromatic heterocycles. The maximum atomic E-state index is 12.2. The fraction of sp³-hybridized carbons (Fsp3) is 0.167. The van der Waals surface area contributed by atoms with E-state index >= 15 is 0 Å². The van der Waals surface area contributed by atoms with Gasteiger partial charge in [0.1, 0.15) is 10.7 Å². The van der Waals surface area contributed by atoms with E-state index in [1.54, 1.807) is 7.05 Å². The Balaban J connectivity index is 2.25. The zero-order chi connectivity index (χ0) is 14.0. The number of halogens is 1. The van der Waals surface area contributed by atoms with E-state index in [4.69, 9.17) is 5.73 Å². The van der Waals surface area contributed by atoms with Gasteiger partial charge in [-0.05, 0) is 24.6 Å². The number of thiazole rings is 1. The van der Waals surface area contributed by atoms with Gasteiger partial charge >= 0.3 is 0 Å². The molecule has 0 atom stereocenters. The Kier molecular flexibility index (Phi) is 4.06. The number of carbonyl (C=O) groups is 1. The molecule has 0 spiro atoms. The minimum Gasteiger partial charge on any atom is -0.382 e. The van der Waals surface area contributed by atoms with Gasteiger partial charge in [0.05, 0.1) is 0 Å². The van der Waals surface area contributed by atoms with Gasteiger partial charge in [-0.2, -0.15) is 0 Å². The van der Waals surface area contributed by atoms with Crippen molar-refractivity contribution in [2.75, 3.05) is 23.4 Å². The molecule has 2 aromatic rings. The number of nitrogen functional groups attached to an aromatic ring is 1. The van der Waals surface area contributed by atoms with Crippen LogP contribution in [0.15, 0.2) is 22.7 Å². The molecule has 0 aliphatic rings. The van der Waals surface area contributed by atoms with Gasteiger partial charge in [-0.1, -0.05) is 33.3 Å². The van der Waals surface area contributed by atoms with Crippen LogP contribution in [-0.2, 0) is 0 Å². The van der Waals surface area contributed by atoms with Crippen LogP contribution < -0.4 is 16.4 Å². The average Bonchev–Trinajstić information content (AvgIpc) is 2.76. The molecule has 1 aromatic carbocycles. The summed E-state index contributed by atoms with van der Waals surface area (Å²) in [5, 5.41) is 6.33. The first-order chi connectivity index (χ1) is 9.02. The highest BCUT2D eigenvalue weighted by molar-refractivity contribution is 9.10. The maximum absolute atomic E-state index is 12.2. The molecular formula is C12H13BrN4OS. The zero-order valence-electron chi connectivity index (χ0n) is 10.5. The number of nitrogens with zero attached hydrogens (tertiary/aromatic N) is 1. The average molecular weight is 341 g/mol. The predicted molar refractivity (Wildman–Crippen MR) is 82.9 cm³/mol. The lowest BCUT2D eigenvalue weighted by Crippen LogP contribution is -2.13. The first kappa shape index (κ1) is 13.8. The van der Waals surface area contributed by atoms with E-state index in [-0.39, 0.29) is 11.7 Å². The van der Waals surface area contributed by atoms with Crippen molar-refractivity contribution in [1.82, 2.24) is 4.98 Å². The molecule has 0 radical (unpaired) electrons. The molecule has 0 fully saturated rings. The number of amides is 1. The van der Waals surface area contributed by atoms with Crippen LogP contribution in [0, 0.1) is 6.92 Å². The molecule has 1 amide bonds. The Labute approximate surface area is 123 Å². The van der Waals surface area contributed by atoms with E-state index in [1.165, 1.54) is 11.3 Å². The molecular weight excluding hydrogens is 328 g/mol. The fourth-order valence-corrected chi connectivity index (χ4v) is 2.62. The van der Waals surface area contributed by atoms with Crippen LogP contribution in [0.4, 0.5) is 16.6 Å². The van der Waals surface area contributed by atoms with E-state index < -0.39 is 0 Å². The molecule has 19 heavy (non-hydrogen) atoms. The van der Waals surface area contributed by atoms with E-state index in [9.17, 15) is 4.79 Å². The third kappa shape index (κ3) is 2.87. The summed E-state index contributed by atoms with van der Waals surface area (Å²) in [4.78, 5) is 16.6. The van der Waals surface area contributed by atoms with Gasteiger partial charge < -0.3 is 16.4 Å². The van der Waals surface area contributed by atoms with Crippen LogP contribution in [-0.4, -0.2) is 17.9 Å². The SMILES string of the molecule is CNc1nc(N)c(C(=O)Nc2cccc(Br)c2C)s1. The molecule has 0 aliphatic carbocycles. The highest BCUT2D eigenvalue weighted by atomic mass is 79.9. The largest absolute Gasteiger partial charge is 0.382 e. The van der Waals surface area contributed by atoms with Gasteiger partial charge in [0.2, 0.25) is 0 Å². The normalized spacial score (nSPS) is 10.3. The number of anilines is 3. The summed E-state index contributed by atoms with van der Waals surface area (Å²) in [5.41, 5.74) is 7.44. The van der Waals surface area contributed by atoms with Crippen molar-refractivity contribution in [2.45, 2.75) is 6.92 Å². The quantitative estimate of drug-likeness (QED) is 0.801. The summed E-state index contributed by atoms with van der Waals surface area (Å²) in [6, 6.07) is 5.63. The Morgan fingerprint density at radius 3 is 2.84 bits per heavy atom. The number of aromatic nitrogens is 1. The third-order valence-electron chi connectivity index (χ3n) is 2.59. The molecule has 0 saturated heterocycles. The second-order valence-electron chi connectivity index (χ2n) is 3.85. The van der Waals surface area contributed by atoms with Gasteiger partial charge in [0.15, 0.2) is 5.13 Å². The van der Waals surface area contributed by atoms with Gasteiger partial charge in [-0.3, -0.25) is 4.79 Å².